The van der Waals surface area contributed by atoms with Crippen molar-refractivity contribution in [2.24, 2.45) is 0 Å². The van der Waals surface area contributed by atoms with Gasteiger partial charge in [0.25, 0.3) is 0 Å². The van der Waals surface area contributed by atoms with Crippen LogP contribution in [0.1, 0.15) is 11.1 Å². The van der Waals surface area contributed by atoms with Gasteiger partial charge < -0.3 is 9.84 Å². The number of rotatable bonds is 3. The fraction of sp³-hybridized carbons (Fsp3) is 0.154. The zero-order valence-corrected chi connectivity index (χ0v) is 9.35. The number of aliphatic hydroxyl groups excluding tert-OH is 1. The van der Waals surface area contributed by atoms with Crippen LogP contribution in [-0.2, 0) is 6.61 Å². The molecule has 88 valence electrons. The van der Waals surface area contributed by atoms with Crippen LogP contribution in [-0.4, -0.2) is 10.1 Å². The summed E-state index contributed by atoms with van der Waals surface area (Å²) in [7, 11) is 0. The van der Waals surface area contributed by atoms with E-state index in [1.165, 1.54) is 12.3 Å². The minimum absolute atomic E-state index is 0.169. The van der Waals surface area contributed by atoms with Crippen molar-refractivity contribution < 1.29 is 14.2 Å². The minimum atomic E-state index is -0.317. The van der Waals surface area contributed by atoms with Crippen molar-refractivity contribution in [3.05, 3.63) is 53.6 Å². The van der Waals surface area contributed by atoms with Crippen LogP contribution in [0.3, 0.4) is 0 Å². The van der Waals surface area contributed by atoms with Crippen molar-refractivity contribution in [3.63, 3.8) is 0 Å². The van der Waals surface area contributed by atoms with Crippen molar-refractivity contribution in [3.8, 4) is 11.5 Å². The Kier molecular flexibility index (Phi) is 3.35. The largest absolute Gasteiger partial charge is 0.457 e. The lowest BCUT2D eigenvalue weighted by Gasteiger charge is -2.09. The first-order chi connectivity index (χ1) is 8.20. The summed E-state index contributed by atoms with van der Waals surface area (Å²) in [5.41, 5.74) is 1.13. The van der Waals surface area contributed by atoms with E-state index >= 15 is 0 Å². The van der Waals surface area contributed by atoms with Crippen LogP contribution in [0.4, 0.5) is 4.39 Å². The number of hydrogen-bond donors (Lipinski definition) is 1. The van der Waals surface area contributed by atoms with E-state index in [0.29, 0.717) is 22.6 Å². The van der Waals surface area contributed by atoms with Gasteiger partial charge in [0.1, 0.15) is 17.3 Å². The Balaban J connectivity index is 2.28. The third kappa shape index (κ3) is 2.60. The van der Waals surface area contributed by atoms with Gasteiger partial charge in [-0.15, -0.1) is 0 Å². The molecule has 4 heteroatoms. The molecular weight excluding hydrogens is 221 g/mol. The molecule has 0 saturated heterocycles. The van der Waals surface area contributed by atoms with Crippen LogP contribution in [0.2, 0.25) is 0 Å². The molecule has 0 aliphatic carbocycles. The molecule has 2 rings (SSSR count). The number of aliphatic hydroxyl groups is 1. The maximum absolute atomic E-state index is 13.3. The zero-order valence-electron chi connectivity index (χ0n) is 9.35. The van der Waals surface area contributed by atoms with Gasteiger partial charge in [-0.25, -0.2) is 4.39 Å². The maximum Gasteiger partial charge on any atom is 0.136 e. The van der Waals surface area contributed by atoms with Crippen molar-refractivity contribution in [2.75, 3.05) is 0 Å². The lowest BCUT2D eigenvalue weighted by molar-refractivity contribution is 0.276. The molecule has 0 aliphatic heterocycles. The van der Waals surface area contributed by atoms with Crippen LogP contribution < -0.4 is 4.74 Å². The molecule has 1 aromatic heterocycles. The van der Waals surface area contributed by atoms with Gasteiger partial charge in [-0.2, -0.15) is 0 Å². The second-order valence-corrected chi connectivity index (χ2v) is 3.65. The third-order valence-corrected chi connectivity index (χ3v) is 2.40. The van der Waals surface area contributed by atoms with Gasteiger partial charge in [-0.3, -0.25) is 4.98 Å². The lowest BCUT2D eigenvalue weighted by atomic mass is 10.2. The molecule has 0 fully saturated rings. The van der Waals surface area contributed by atoms with Gasteiger partial charge in [0, 0.05) is 24.0 Å². The number of benzene rings is 1. The van der Waals surface area contributed by atoms with E-state index in [9.17, 15) is 4.39 Å². The number of aromatic nitrogens is 1. The van der Waals surface area contributed by atoms with Crippen molar-refractivity contribution in [1.82, 2.24) is 4.98 Å². The Bertz CT molecular complexity index is 529. The summed E-state index contributed by atoms with van der Waals surface area (Å²) in [5, 5.41) is 9.10. The van der Waals surface area contributed by atoms with Crippen molar-refractivity contribution in [1.29, 1.82) is 0 Å². The molecule has 1 heterocycles. The molecule has 3 nitrogen and oxygen atoms in total. The minimum Gasteiger partial charge on any atom is -0.457 e. The Hall–Kier alpha value is -1.94. The predicted molar refractivity (Wildman–Crippen MR) is 61.4 cm³/mol. The normalized spacial score (nSPS) is 10.3. The molecule has 1 N–H and O–H groups in total. The Labute approximate surface area is 98.5 Å². The average molecular weight is 233 g/mol. The molecule has 0 aliphatic rings. The fourth-order valence-corrected chi connectivity index (χ4v) is 1.40. The van der Waals surface area contributed by atoms with Crippen LogP contribution >= 0.6 is 0 Å². The standard InChI is InChI=1S/C13H12FNO2/c1-9-2-3-11(6-12(9)14)17-13-4-5-15-7-10(13)8-16/h2-7,16H,8H2,1H3. The summed E-state index contributed by atoms with van der Waals surface area (Å²) < 4.78 is 18.8. The Morgan fingerprint density at radius 3 is 2.88 bits per heavy atom. The van der Waals surface area contributed by atoms with E-state index in [4.69, 9.17) is 9.84 Å². The van der Waals surface area contributed by atoms with E-state index in [2.05, 4.69) is 4.98 Å². The monoisotopic (exact) mass is 233 g/mol. The molecule has 1 aromatic carbocycles. The van der Waals surface area contributed by atoms with Gasteiger partial charge in [-0.1, -0.05) is 6.07 Å². The highest BCUT2D eigenvalue weighted by Crippen LogP contribution is 2.25. The number of nitrogens with zero attached hydrogens (tertiary/aromatic N) is 1. The molecule has 0 unspecified atom stereocenters. The number of aryl methyl sites for hydroxylation is 1. The molecule has 0 radical (unpaired) electrons. The summed E-state index contributed by atoms with van der Waals surface area (Å²) in [4.78, 5) is 3.88. The van der Waals surface area contributed by atoms with E-state index in [1.807, 2.05) is 0 Å². The van der Waals surface area contributed by atoms with Gasteiger partial charge in [0.2, 0.25) is 0 Å². The fourth-order valence-electron chi connectivity index (χ4n) is 1.40. The second-order valence-electron chi connectivity index (χ2n) is 3.65. The van der Waals surface area contributed by atoms with Crippen LogP contribution in [0.15, 0.2) is 36.7 Å². The number of hydrogen-bond acceptors (Lipinski definition) is 3. The Morgan fingerprint density at radius 1 is 1.35 bits per heavy atom. The Morgan fingerprint density at radius 2 is 2.18 bits per heavy atom. The van der Waals surface area contributed by atoms with Gasteiger partial charge in [0.05, 0.1) is 6.61 Å². The predicted octanol–water partition coefficient (Wildman–Crippen LogP) is 2.81. The first-order valence-electron chi connectivity index (χ1n) is 5.18. The van der Waals surface area contributed by atoms with E-state index in [-0.39, 0.29) is 12.4 Å². The van der Waals surface area contributed by atoms with Gasteiger partial charge >= 0.3 is 0 Å². The lowest BCUT2D eigenvalue weighted by Crippen LogP contribution is -1.93. The number of halogens is 1. The SMILES string of the molecule is Cc1ccc(Oc2ccncc2CO)cc1F. The molecule has 0 bridgehead atoms. The second kappa shape index (κ2) is 4.93. The highest BCUT2D eigenvalue weighted by atomic mass is 19.1. The first-order valence-corrected chi connectivity index (χ1v) is 5.18. The topological polar surface area (TPSA) is 42.4 Å². The summed E-state index contributed by atoms with van der Waals surface area (Å²) in [5.74, 6) is 0.557. The van der Waals surface area contributed by atoms with E-state index < -0.39 is 0 Å². The van der Waals surface area contributed by atoms with Crippen molar-refractivity contribution >= 4 is 0 Å². The quantitative estimate of drug-likeness (QED) is 0.886. The summed E-state index contributed by atoms with van der Waals surface area (Å²) >= 11 is 0. The molecule has 0 spiro atoms. The van der Waals surface area contributed by atoms with Gasteiger partial charge in [0.15, 0.2) is 0 Å². The zero-order chi connectivity index (χ0) is 12.3. The molecule has 0 saturated carbocycles. The average Bonchev–Trinajstić information content (AvgIpc) is 2.34. The number of ether oxygens (including phenoxy) is 1. The molecule has 17 heavy (non-hydrogen) atoms. The summed E-state index contributed by atoms with van der Waals surface area (Å²) in [6.45, 7) is 1.52. The smallest absolute Gasteiger partial charge is 0.136 e. The van der Waals surface area contributed by atoms with Crippen LogP contribution in [0.25, 0.3) is 0 Å². The van der Waals surface area contributed by atoms with E-state index in [0.717, 1.165) is 0 Å². The molecule has 2 aromatic rings. The van der Waals surface area contributed by atoms with E-state index in [1.54, 1.807) is 31.3 Å². The highest BCUT2D eigenvalue weighted by Gasteiger charge is 2.05. The summed E-state index contributed by atoms with van der Waals surface area (Å²) in [6, 6.07) is 6.27. The molecule has 0 atom stereocenters. The molecular formula is C13H12FNO2. The first kappa shape index (κ1) is 11.5. The van der Waals surface area contributed by atoms with Crippen LogP contribution in [0.5, 0.6) is 11.5 Å². The maximum atomic E-state index is 13.3. The third-order valence-electron chi connectivity index (χ3n) is 2.40. The highest BCUT2D eigenvalue weighted by molar-refractivity contribution is 5.36. The van der Waals surface area contributed by atoms with Crippen LogP contribution in [0, 0.1) is 12.7 Å². The number of pyridine rings is 1. The van der Waals surface area contributed by atoms with Crippen molar-refractivity contribution in [2.45, 2.75) is 13.5 Å². The van der Waals surface area contributed by atoms with Gasteiger partial charge in [-0.05, 0) is 24.6 Å². The summed E-state index contributed by atoms with van der Waals surface area (Å²) in [6.07, 6.45) is 3.07. The molecule has 0 amide bonds.